The van der Waals surface area contributed by atoms with Crippen molar-refractivity contribution in [1.29, 1.82) is 0 Å². The molecule has 0 N–H and O–H groups in total. The molecule has 6 heteroatoms. The molecule has 0 aromatic carbocycles. The second kappa shape index (κ2) is 5.69. The Morgan fingerprint density at radius 3 is 2.67 bits per heavy atom. The third-order valence-electron chi connectivity index (χ3n) is 5.35. The van der Waals surface area contributed by atoms with Crippen LogP contribution in [-0.2, 0) is 12.5 Å². The van der Waals surface area contributed by atoms with E-state index in [4.69, 9.17) is 9.97 Å². The molecule has 2 aromatic heterocycles. The Kier molecular flexibility index (Phi) is 3.75. The molecule has 1 atom stereocenters. The summed E-state index contributed by atoms with van der Waals surface area (Å²) in [7, 11) is 1.96. The summed E-state index contributed by atoms with van der Waals surface area (Å²) in [5.41, 5.74) is 0.871. The van der Waals surface area contributed by atoms with Crippen molar-refractivity contribution in [2.75, 3.05) is 31.1 Å². The zero-order chi connectivity index (χ0) is 16.9. The zero-order valence-electron chi connectivity index (χ0n) is 15.3. The maximum atomic E-state index is 5.01. The normalized spacial score (nSPS) is 22.8. The fourth-order valence-corrected chi connectivity index (χ4v) is 3.98. The van der Waals surface area contributed by atoms with Crippen molar-refractivity contribution in [3.05, 3.63) is 12.0 Å². The van der Waals surface area contributed by atoms with Gasteiger partial charge in [0.15, 0.2) is 5.65 Å². The number of hydrogen-bond acceptors (Lipinski definition) is 5. The van der Waals surface area contributed by atoms with E-state index in [1.807, 2.05) is 17.9 Å². The second-order valence-corrected chi connectivity index (χ2v) is 8.26. The lowest BCUT2D eigenvalue weighted by molar-refractivity contribution is 0.273. The molecule has 2 aliphatic rings. The van der Waals surface area contributed by atoms with Crippen LogP contribution in [0.2, 0.25) is 0 Å². The molecular weight excluding hydrogens is 300 g/mol. The highest BCUT2D eigenvalue weighted by atomic mass is 15.3. The predicted octanol–water partition coefficient (Wildman–Crippen LogP) is 2.34. The van der Waals surface area contributed by atoms with E-state index >= 15 is 0 Å². The minimum absolute atomic E-state index is 0.0710. The lowest BCUT2D eigenvalue weighted by Gasteiger charge is -2.28. The number of hydrogen-bond donors (Lipinski definition) is 0. The summed E-state index contributed by atoms with van der Waals surface area (Å²) in [5.74, 6) is 1.98. The van der Waals surface area contributed by atoms with Crippen molar-refractivity contribution < 1.29 is 0 Å². The van der Waals surface area contributed by atoms with E-state index in [1.165, 1.54) is 32.4 Å². The second-order valence-electron chi connectivity index (χ2n) is 8.26. The molecular formula is C18H28N6. The summed E-state index contributed by atoms with van der Waals surface area (Å²) in [4.78, 5) is 15.0. The van der Waals surface area contributed by atoms with E-state index in [2.05, 4.69) is 35.7 Å². The number of aromatic nitrogens is 4. The van der Waals surface area contributed by atoms with Gasteiger partial charge in [-0.05, 0) is 25.8 Å². The van der Waals surface area contributed by atoms with Crippen molar-refractivity contribution >= 4 is 16.9 Å². The lowest BCUT2D eigenvalue weighted by atomic mass is 9.95. The van der Waals surface area contributed by atoms with E-state index in [1.54, 1.807) is 0 Å². The minimum atomic E-state index is -0.0710. The Morgan fingerprint density at radius 1 is 1.08 bits per heavy atom. The van der Waals surface area contributed by atoms with Crippen molar-refractivity contribution in [2.45, 2.75) is 51.5 Å². The van der Waals surface area contributed by atoms with Crippen LogP contribution < -0.4 is 4.90 Å². The van der Waals surface area contributed by atoms with Gasteiger partial charge in [0.2, 0.25) is 0 Å². The van der Waals surface area contributed by atoms with Gasteiger partial charge in [-0.1, -0.05) is 20.8 Å². The van der Waals surface area contributed by atoms with E-state index in [0.29, 0.717) is 6.04 Å². The maximum Gasteiger partial charge on any atom is 0.163 e. The molecule has 6 nitrogen and oxygen atoms in total. The van der Waals surface area contributed by atoms with Crippen molar-refractivity contribution in [1.82, 2.24) is 24.6 Å². The Labute approximate surface area is 143 Å². The van der Waals surface area contributed by atoms with Crippen molar-refractivity contribution in [3.8, 4) is 0 Å². The quantitative estimate of drug-likeness (QED) is 0.804. The fourth-order valence-electron chi connectivity index (χ4n) is 3.98. The lowest BCUT2D eigenvalue weighted by Crippen LogP contribution is -2.37. The van der Waals surface area contributed by atoms with Gasteiger partial charge in [0, 0.05) is 38.1 Å². The highest BCUT2D eigenvalue weighted by molar-refractivity contribution is 5.87. The van der Waals surface area contributed by atoms with E-state index < -0.39 is 0 Å². The standard InChI is InChI=1S/C18H28N6/c1-18(2,3)17-20-15-14(11-19-22(15)4)16(21-17)24-10-6-9-23-8-5-7-13(23)12-24/h11,13H,5-10,12H2,1-4H3/t13-/m0/s1. The van der Waals surface area contributed by atoms with Crippen LogP contribution in [0, 0.1) is 0 Å². The van der Waals surface area contributed by atoms with E-state index in [-0.39, 0.29) is 5.41 Å². The van der Waals surface area contributed by atoms with Crippen LogP contribution in [0.1, 0.15) is 45.9 Å². The van der Waals surface area contributed by atoms with Crippen LogP contribution in [0.5, 0.6) is 0 Å². The van der Waals surface area contributed by atoms with Crippen molar-refractivity contribution in [3.63, 3.8) is 0 Å². The van der Waals surface area contributed by atoms with Crippen LogP contribution >= 0.6 is 0 Å². The first-order valence-electron chi connectivity index (χ1n) is 9.13. The molecule has 0 bridgehead atoms. The largest absolute Gasteiger partial charge is 0.354 e. The van der Waals surface area contributed by atoms with Crippen LogP contribution in [0.3, 0.4) is 0 Å². The first-order chi connectivity index (χ1) is 11.4. The molecule has 2 fully saturated rings. The summed E-state index contributed by atoms with van der Waals surface area (Å²) in [6, 6.07) is 0.673. The van der Waals surface area contributed by atoms with E-state index in [0.717, 1.165) is 35.8 Å². The Balaban J connectivity index is 1.79. The molecule has 4 heterocycles. The molecule has 2 saturated heterocycles. The van der Waals surface area contributed by atoms with Crippen LogP contribution in [0.25, 0.3) is 11.0 Å². The number of rotatable bonds is 1. The molecule has 24 heavy (non-hydrogen) atoms. The average molecular weight is 328 g/mol. The molecule has 130 valence electrons. The third-order valence-corrected chi connectivity index (χ3v) is 5.35. The fraction of sp³-hybridized carbons (Fsp3) is 0.722. The zero-order valence-corrected chi connectivity index (χ0v) is 15.3. The summed E-state index contributed by atoms with van der Waals surface area (Å²) in [6.45, 7) is 11.1. The van der Waals surface area contributed by atoms with Gasteiger partial charge >= 0.3 is 0 Å². The monoisotopic (exact) mass is 328 g/mol. The van der Waals surface area contributed by atoms with Gasteiger partial charge in [0.25, 0.3) is 0 Å². The topological polar surface area (TPSA) is 50.1 Å². The molecule has 4 rings (SSSR count). The summed E-state index contributed by atoms with van der Waals surface area (Å²) < 4.78 is 1.87. The van der Waals surface area contributed by atoms with E-state index in [9.17, 15) is 0 Å². The summed E-state index contributed by atoms with van der Waals surface area (Å²) in [5, 5.41) is 5.52. The summed E-state index contributed by atoms with van der Waals surface area (Å²) in [6.07, 6.45) is 5.77. The van der Waals surface area contributed by atoms with Crippen LogP contribution in [0.4, 0.5) is 5.82 Å². The molecule has 0 spiro atoms. The van der Waals surface area contributed by atoms with Crippen LogP contribution in [-0.4, -0.2) is 56.9 Å². The number of fused-ring (bicyclic) bond motifs is 2. The van der Waals surface area contributed by atoms with Crippen LogP contribution in [0.15, 0.2) is 6.20 Å². The van der Waals surface area contributed by atoms with Gasteiger partial charge in [0.1, 0.15) is 11.6 Å². The predicted molar refractivity (Wildman–Crippen MR) is 96.4 cm³/mol. The molecule has 2 aromatic rings. The van der Waals surface area contributed by atoms with Crippen molar-refractivity contribution in [2.24, 2.45) is 7.05 Å². The third kappa shape index (κ3) is 2.66. The average Bonchev–Trinajstić information content (AvgIpc) is 3.07. The van der Waals surface area contributed by atoms with Gasteiger partial charge in [-0.3, -0.25) is 9.58 Å². The molecule has 0 saturated carbocycles. The number of anilines is 1. The number of nitrogens with zero attached hydrogens (tertiary/aromatic N) is 6. The Morgan fingerprint density at radius 2 is 1.88 bits per heavy atom. The first-order valence-corrected chi connectivity index (χ1v) is 9.13. The minimum Gasteiger partial charge on any atom is -0.354 e. The molecule has 0 radical (unpaired) electrons. The Hall–Kier alpha value is -1.69. The SMILES string of the molecule is Cn1ncc2c(N3CCCN4CCC[C@H]4C3)nc(C(C)(C)C)nc21. The van der Waals surface area contributed by atoms with Gasteiger partial charge < -0.3 is 4.90 Å². The molecule has 2 aliphatic heterocycles. The van der Waals surface area contributed by atoms with Gasteiger partial charge in [0.05, 0.1) is 11.6 Å². The molecule has 0 unspecified atom stereocenters. The highest BCUT2D eigenvalue weighted by Crippen LogP contribution is 2.31. The summed E-state index contributed by atoms with van der Waals surface area (Å²) >= 11 is 0. The smallest absolute Gasteiger partial charge is 0.163 e. The highest BCUT2D eigenvalue weighted by Gasteiger charge is 2.31. The molecule has 0 aliphatic carbocycles. The Bertz CT molecular complexity index is 744. The molecule has 0 amide bonds. The van der Waals surface area contributed by atoms with Gasteiger partial charge in [-0.2, -0.15) is 5.10 Å². The van der Waals surface area contributed by atoms with Gasteiger partial charge in [-0.15, -0.1) is 0 Å². The number of aryl methyl sites for hydroxylation is 1. The maximum absolute atomic E-state index is 5.01. The van der Waals surface area contributed by atoms with Gasteiger partial charge in [-0.25, -0.2) is 9.97 Å². The first kappa shape index (κ1) is 15.8.